The Bertz CT molecular complexity index is 692. The summed E-state index contributed by atoms with van der Waals surface area (Å²) < 4.78 is 1.17. The van der Waals surface area contributed by atoms with Crippen molar-refractivity contribution in [2.24, 2.45) is 0 Å². The van der Waals surface area contributed by atoms with E-state index in [1.807, 2.05) is 29.6 Å². The fourth-order valence-electron chi connectivity index (χ4n) is 2.42. The Morgan fingerprint density at radius 1 is 1.30 bits per heavy atom. The SMILES string of the molecule is C=CC(=O)N1CCN(c2csc3ccccc23)C(=O)C1. The van der Waals surface area contributed by atoms with Gasteiger partial charge in [-0.2, -0.15) is 0 Å². The number of amides is 2. The molecule has 0 radical (unpaired) electrons. The maximum atomic E-state index is 12.3. The van der Waals surface area contributed by atoms with Gasteiger partial charge in [-0.05, 0) is 12.1 Å². The van der Waals surface area contributed by atoms with E-state index in [4.69, 9.17) is 0 Å². The fraction of sp³-hybridized carbons (Fsp3) is 0.200. The number of nitrogens with zero attached hydrogens (tertiary/aromatic N) is 2. The van der Waals surface area contributed by atoms with Gasteiger partial charge in [0, 0.05) is 28.6 Å². The Labute approximate surface area is 120 Å². The first-order chi connectivity index (χ1) is 9.70. The van der Waals surface area contributed by atoms with Crippen LogP contribution in [0.15, 0.2) is 42.3 Å². The molecule has 5 heteroatoms. The number of rotatable bonds is 2. The Hall–Kier alpha value is -2.14. The Balaban J connectivity index is 1.87. The normalized spacial score (nSPS) is 15.7. The summed E-state index contributed by atoms with van der Waals surface area (Å²) in [6, 6.07) is 8.03. The van der Waals surface area contributed by atoms with Crippen LogP contribution in [0.3, 0.4) is 0 Å². The summed E-state index contributed by atoms with van der Waals surface area (Å²) in [5.74, 6) is -0.233. The second kappa shape index (κ2) is 5.09. The Morgan fingerprint density at radius 3 is 2.85 bits per heavy atom. The average Bonchev–Trinajstić information content (AvgIpc) is 2.90. The molecule has 0 atom stereocenters. The highest BCUT2D eigenvalue weighted by atomic mass is 32.1. The highest BCUT2D eigenvalue weighted by Crippen LogP contribution is 2.33. The molecule has 0 aliphatic carbocycles. The quantitative estimate of drug-likeness (QED) is 0.795. The zero-order valence-electron chi connectivity index (χ0n) is 10.9. The van der Waals surface area contributed by atoms with Crippen molar-refractivity contribution < 1.29 is 9.59 Å². The molecule has 3 rings (SSSR count). The number of thiophene rings is 1. The predicted molar refractivity (Wildman–Crippen MR) is 81.0 cm³/mol. The number of benzene rings is 1. The molecule has 1 aromatic carbocycles. The van der Waals surface area contributed by atoms with Crippen LogP contribution in [0.25, 0.3) is 10.1 Å². The van der Waals surface area contributed by atoms with Crippen LogP contribution in [0.4, 0.5) is 5.69 Å². The molecule has 0 spiro atoms. The van der Waals surface area contributed by atoms with Crippen molar-refractivity contribution >= 4 is 38.9 Å². The molecule has 1 aromatic heterocycles. The molecule has 4 nitrogen and oxygen atoms in total. The number of piperazine rings is 1. The van der Waals surface area contributed by atoms with E-state index in [9.17, 15) is 9.59 Å². The lowest BCUT2D eigenvalue weighted by molar-refractivity contribution is -0.133. The molecule has 0 bridgehead atoms. The summed E-state index contributed by atoms with van der Waals surface area (Å²) in [5, 5.41) is 3.10. The van der Waals surface area contributed by atoms with E-state index in [0.29, 0.717) is 13.1 Å². The number of fused-ring (bicyclic) bond motifs is 1. The van der Waals surface area contributed by atoms with E-state index < -0.39 is 0 Å². The third kappa shape index (κ3) is 2.10. The Morgan fingerprint density at radius 2 is 2.10 bits per heavy atom. The van der Waals surface area contributed by atoms with E-state index in [-0.39, 0.29) is 18.4 Å². The number of anilines is 1. The minimum Gasteiger partial charge on any atom is -0.328 e. The van der Waals surface area contributed by atoms with Gasteiger partial charge in [-0.25, -0.2) is 0 Å². The van der Waals surface area contributed by atoms with Crippen LogP contribution in [0.5, 0.6) is 0 Å². The van der Waals surface area contributed by atoms with Crippen LogP contribution in [0.2, 0.25) is 0 Å². The second-order valence-corrected chi connectivity index (χ2v) is 5.54. The van der Waals surface area contributed by atoms with Gasteiger partial charge < -0.3 is 9.80 Å². The molecule has 0 saturated carbocycles. The van der Waals surface area contributed by atoms with Crippen molar-refractivity contribution in [3.63, 3.8) is 0 Å². The molecule has 1 saturated heterocycles. The lowest BCUT2D eigenvalue weighted by Crippen LogP contribution is -2.52. The maximum absolute atomic E-state index is 12.3. The topological polar surface area (TPSA) is 40.6 Å². The number of hydrogen-bond donors (Lipinski definition) is 0. The summed E-state index contributed by atoms with van der Waals surface area (Å²) in [7, 11) is 0. The van der Waals surface area contributed by atoms with E-state index in [0.717, 1.165) is 11.1 Å². The van der Waals surface area contributed by atoms with E-state index in [2.05, 4.69) is 6.58 Å². The minimum atomic E-state index is -0.187. The molecule has 1 fully saturated rings. The molecule has 2 heterocycles. The first kappa shape index (κ1) is 12.9. The van der Waals surface area contributed by atoms with E-state index in [1.54, 1.807) is 16.2 Å². The third-order valence-electron chi connectivity index (χ3n) is 3.46. The minimum absolute atomic E-state index is 0.0463. The monoisotopic (exact) mass is 286 g/mol. The van der Waals surface area contributed by atoms with Gasteiger partial charge in [0.25, 0.3) is 0 Å². The van der Waals surface area contributed by atoms with Gasteiger partial charge in [0.05, 0.1) is 5.69 Å². The van der Waals surface area contributed by atoms with Crippen LogP contribution in [-0.2, 0) is 9.59 Å². The van der Waals surface area contributed by atoms with Crippen molar-refractivity contribution in [2.75, 3.05) is 24.5 Å². The molecule has 2 aromatic rings. The van der Waals surface area contributed by atoms with E-state index in [1.165, 1.54) is 15.7 Å². The van der Waals surface area contributed by atoms with Crippen molar-refractivity contribution in [1.29, 1.82) is 0 Å². The van der Waals surface area contributed by atoms with Gasteiger partial charge in [-0.15, -0.1) is 11.3 Å². The van der Waals surface area contributed by atoms with E-state index >= 15 is 0 Å². The number of hydrogen-bond acceptors (Lipinski definition) is 3. The first-order valence-corrected chi connectivity index (χ1v) is 7.26. The molecule has 1 aliphatic rings. The number of carbonyl (C=O) groups excluding carboxylic acids is 2. The van der Waals surface area contributed by atoms with Gasteiger partial charge in [-0.3, -0.25) is 9.59 Å². The van der Waals surface area contributed by atoms with Crippen LogP contribution in [-0.4, -0.2) is 36.3 Å². The van der Waals surface area contributed by atoms with Crippen molar-refractivity contribution in [2.45, 2.75) is 0 Å². The molecule has 20 heavy (non-hydrogen) atoms. The van der Waals surface area contributed by atoms with Gasteiger partial charge in [0.1, 0.15) is 6.54 Å². The first-order valence-electron chi connectivity index (χ1n) is 6.38. The molecule has 0 N–H and O–H groups in total. The summed E-state index contributed by atoms with van der Waals surface area (Å²) in [6.07, 6.45) is 1.25. The Kier molecular flexibility index (Phi) is 3.28. The maximum Gasteiger partial charge on any atom is 0.246 e. The lowest BCUT2D eigenvalue weighted by Gasteiger charge is -2.33. The zero-order chi connectivity index (χ0) is 14.1. The van der Waals surface area contributed by atoms with Gasteiger partial charge in [0.2, 0.25) is 11.8 Å². The molecule has 0 unspecified atom stereocenters. The van der Waals surface area contributed by atoms with Gasteiger partial charge in [-0.1, -0.05) is 24.8 Å². The third-order valence-corrected chi connectivity index (χ3v) is 4.41. The summed E-state index contributed by atoms with van der Waals surface area (Å²) in [6.45, 7) is 4.65. The smallest absolute Gasteiger partial charge is 0.246 e. The molecular weight excluding hydrogens is 272 g/mol. The van der Waals surface area contributed by atoms with Crippen LogP contribution < -0.4 is 4.90 Å². The van der Waals surface area contributed by atoms with Gasteiger partial charge in [0.15, 0.2) is 0 Å². The molecule has 1 aliphatic heterocycles. The van der Waals surface area contributed by atoms with Crippen LogP contribution in [0, 0.1) is 0 Å². The fourth-order valence-corrected chi connectivity index (χ4v) is 3.37. The van der Waals surface area contributed by atoms with Crippen LogP contribution >= 0.6 is 11.3 Å². The highest BCUT2D eigenvalue weighted by molar-refractivity contribution is 7.17. The lowest BCUT2D eigenvalue weighted by atomic mass is 10.2. The van der Waals surface area contributed by atoms with Crippen LogP contribution in [0.1, 0.15) is 0 Å². The summed E-state index contributed by atoms with van der Waals surface area (Å²) in [4.78, 5) is 27.1. The van der Waals surface area contributed by atoms with Crippen molar-refractivity contribution in [3.05, 3.63) is 42.3 Å². The number of carbonyl (C=O) groups is 2. The van der Waals surface area contributed by atoms with Crippen molar-refractivity contribution in [1.82, 2.24) is 4.90 Å². The second-order valence-electron chi connectivity index (χ2n) is 4.63. The zero-order valence-corrected chi connectivity index (χ0v) is 11.7. The summed E-state index contributed by atoms with van der Waals surface area (Å²) >= 11 is 1.63. The average molecular weight is 286 g/mol. The highest BCUT2D eigenvalue weighted by Gasteiger charge is 2.28. The molecule has 102 valence electrons. The summed E-state index contributed by atoms with van der Waals surface area (Å²) in [5.41, 5.74) is 0.946. The van der Waals surface area contributed by atoms with Gasteiger partial charge >= 0.3 is 0 Å². The molecular formula is C15H14N2O2S. The van der Waals surface area contributed by atoms with Crippen molar-refractivity contribution in [3.8, 4) is 0 Å². The predicted octanol–water partition coefficient (Wildman–Crippen LogP) is 2.26. The molecule has 2 amide bonds. The largest absolute Gasteiger partial charge is 0.328 e. The standard InChI is InChI=1S/C15H14N2O2S/c1-2-14(18)16-7-8-17(15(19)9-16)12-10-20-13-6-4-3-5-11(12)13/h2-6,10H,1,7-9H2.